The van der Waals surface area contributed by atoms with Crippen molar-refractivity contribution in [3.05, 3.63) is 59.1 Å². The fourth-order valence-corrected chi connectivity index (χ4v) is 5.98. The van der Waals surface area contributed by atoms with Crippen LogP contribution in [0.3, 0.4) is 0 Å². The van der Waals surface area contributed by atoms with Crippen LogP contribution in [0, 0.1) is 0 Å². The van der Waals surface area contributed by atoms with Crippen LogP contribution in [-0.4, -0.2) is 78.5 Å². The van der Waals surface area contributed by atoms with Crippen molar-refractivity contribution in [3.63, 3.8) is 0 Å². The van der Waals surface area contributed by atoms with E-state index in [0.29, 0.717) is 12.5 Å². The number of methoxy groups -OCH3 is 1. The summed E-state index contributed by atoms with van der Waals surface area (Å²) in [4.78, 5) is 24.6. The zero-order valence-corrected chi connectivity index (χ0v) is 20.1. The molecule has 2 aliphatic rings. The van der Waals surface area contributed by atoms with Gasteiger partial charge in [0.2, 0.25) is 5.91 Å². The van der Waals surface area contributed by atoms with Crippen LogP contribution in [-0.2, 0) is 11.3 Å². The average Bonchev–Trinajstić information content (AvgIpc) is 3.30. The number of aromatic nitrogens is 1. The third-order valence-corrected chi connectivity index (χ3v) is 8.10. The van der Waals surface area contributed by atoms with Crippen molar-refractivity contribution in [2.45, 2.75) is 25.3 Å². The molecule has 174 valence electrons. The molecule has 0 aliphatic carbocycles. The molecular weight excluding hydrogens is 432 g/mol. The molecule has 0 unspecified atom stereocenters. The fourth-order valence-electron chi connectivity index (χ4n) is 4.84. The van der Waals surface area contributed by atoms with Crippen LogP contribution in [0.5, 0.6) is 5.75 Å². The number of benzene rings is 2. The topological polar surface area (TPSA) is 48.9 Å². The molecule has 0 atom stereocenters. The predicted molar refractivity (Wildman–Crippen MR) is 133 cm³/mol. The number of carbonyl (C=O) groups excluding carboxylic acids is 1. The van der Waals surface area contributed by atoms with Crippen LogP contribution < -0.4 is 4.74 Å². The molecule has 6 nitrogen and oxygen atoms in total. The Balaban J connectivity index is 1.06. The van der Waals surface area contributed by atoms with Crippen molar-refractivity contribution in [1.29, 1.82) is 0 Å². The minimum Gasteiger partial charge on any atom is -0.497 e. The van der Waals surface area contributed by atoms with Crippen molar-refractivity contribution in [2.75, 3.05) is 52.9 Å². The zero-order valence-electron chi connectivity index (χ0n) is 19.3. The highest BCUT2D eigenvalue weighted by Crippen LogP contribution is 2.33. The van der Waals surface area contributed by atoms with Gasteiger partial charge in [0, 0.05) is 38.6 Å². The Bertz CT molecular complexity index is 1030. The Hall–Kier alpha value is -2.48. The number of rotatable bonds is 6. The summed E-state index contributed by atoms with van der Waals surface area (Å²) in [6.45, 7) is 6.91. The lowest BCUT2D eigenvalue weighted by Crippen LogP contribution is -2.51. The van der Waals surface area contributed by atoms with E-state index in [1.54, 1.807) is 7.11 Å². The number of para-hydroxylation sites is 1. The zero-order chi connectivity index (χ0) is 22.6. The van der Waals surface area contributed by atoms with Gasteiger partial charge in [-0.25, -0.2) is 4.98 Å². The highest BCUT2D eigenvalue weighted by Gasteiger charge is 2.27. The predicted octanol–water partition coefficient (Wildman–Crippen LogP) is 3.83. The molecule has 7 heteroatoms. The number of ether oxygens (including phenoxy) is 1. The monoisotopic (exact) mass is 464 g/mol. The molecule has 0 saturated carbocycles. The molecule has 2 fully saturated rings. The van der Waals surface area contributed by atoms with E-state index in [-0.39, 0.29) is 5.91 Å². The summed E-state index contributed by atoms with van der Waals surface area (Å²) < 4.78 is 6.51. The molecule has 0 spiro atoms. The standard InChI is InChI=1S/C26H32N4O2S/c1-32-22-8-6-20(7-9-22)18-29-14-16-30(17-15-29)25(31)19-28-12-10-21(11-13-28)26-27-23-4-2-3-5-24(23)33-26/h2-9,21H,10-19H2,1H3. The first-order valence-corrected chi connectivity index (χ1v) is 12.7. The van der Waals surface area contributed by atoms with Gasteiger partial charge in [0.05, 0.1) is 28.9 Å². The van der Waals surface area contributed by atoms with Gasteiger partial charge in [0.1, 0.15) is 5.75 Å². The van der Waals surface area contributed by atoms with Crippen LogP contribution >= 0.6 is 11.3 Å². The Kier molecular flexibility index (Phi) is 6.90. The Morgan fingerprint density at radius 1 is 0.970 bits per heavy atom. The number of fused-ring (bicyclic) bond motifs is 1. The van der Waals surface area contributed by atoms with E-state index in [1.807, 2.05) is 28.4 Å². The van der Waals surface area contributed by atoms with E-state index in [4.69, 9.17) is 9.72 Å². The smallest absolute Gasteiger partial charge is 0.236 e. The van der Waals surface area contributed by atoms with Crippen LogP contribution in [0.2, 0.25) is 0 Å². The van der Waals surface area contributed by atoms with Gasteiger partial charge in [-0.15, -0.1) is 11.3 Å². The molecule has 2 aliphatic heterocycles. The number of piperazine rings is 1. The molecule has 5 rings (SSSR count). The van der Waals surface area contributed by atoms with Crippen LogP contribution in [0.25, 0.3) is 10.2 Å². The number of amides is 1. The van der Waals surface area contributed by atoms with E-state index in [1.165, 1.54) is 15.3 Å². The fraction of sp³-hybridized carbons (Fsp3) is 0.462. The van der Waals surface area contributed by atoms with Gasteiger partial charge in [0.15, 0.2) is 0 Å². The van der Waals surface area contributed by atoms with E-state index in [2.05, 4.69) is 46.2 Å². The summed E-state index contributed by atoms with van der Waals surface area (Å²) >= 11 is 1.83. The molecule has 2 saturated heterocycles. The van der Waals surface area contributed by atoms with Gasteiger partial charge in [-0.2, -0.15) is 0 Å². The van der Waals surface area contributed by atoms with E-state index in [9.17, 15) is 4.79 Å². The largest absolute Gasteiger partial charge is 0.497 e. The second-order valence-electron chi connectivity index (χ2n) is 9.08. The number of likely N-dealkylation sites (tertiary alicyclic amines) is 1. The Labute approximate surface area is 199 Å². The average molecular weight is 465 g/mol. The van der Waals surface area contributed by atoms with Gasteiger partial charge >= 0.3 is 0 Å². The number of hydrogen-bond acceptors (Lipinski definition) is 6. The molecule has 0 radical (unpaired) electrons. The van der Waals surface area contributed by atoms with Gasteiger partial charge in [0.25, 0.3) is 0 Å². The first-order valence-electron chi connectivity index (χ1n) is 11.9. The minimum atomic E-state index is 0.275. The second kappa shape index (κ2) is 10.2. The SMILES string of the molecule is COc1ccc(CN2CCN(C(=O)CN3CCC(c4nc5ccccc5s4)CC3)CC2)cc1. The van der Waals surface area contributed by atoms with Crippen molar-refractivity contribution < 1.29 is 9.53 Å². The normalized spacial score (nSPS) is 18.6. The maximum atomic E-state index is 12.9. The van der Waals surface area contributed by atoms with E-state index < -0.39 is 0 Å². The molecule has 1 amide bonds. The van der Waals surface area contributed by atoms with E-state index in [0.717, 1.165) is 69.9 Å². The maximum absolute atomic E-state index is 12.9. The lowest BCUT2D eigenvalue weighted by molar-refractivity contribution is -0.134. The summed E-state index contributed by atoms with van der Waals surface area (Å²) in [5, 5.41) is 1.26. The number of piperidine rings is 1. The van der Waals surface area contributed by atoms with Crippen molar-refractivity contribution >= 4 is 27.5 Å². The number of hydrogen-bond donors (Lipinski definition) is 0. The molecule has 3 aromatic rings. The summed E-state index contributed by atoms with van der Waals surface area (Å²) in [6.07, 6.45) is 2.17. The summed E-state index contributed by atoms with van der Waals surface area (Å²) in [5.41, 5.74) is 2.40. The maximum Gasteiger partial charge on any atom is 0.236 e. The highest BCUT2D eigenvalue weighted by molar-refractivity contribution is 7.18. The Morgan fingerprint density at radius 3 is 2.39 bits per heavy atom. The van der Waals surface area contributed by atoms with Gasteiger partial charge in [-0.1, -0.05) is 24.3 Å². The molecule has 0 N–H and O–H groups in total. The van der Waals surface area contributed by atoms with Crippen molar-refractivity contribution in [2.24, 2.45) is 0 Å². The third kappa shape index (κ3) is 5.37. The van der Waals surface area contributed by atoms with Crippen LogP contribution in [0.1, 0.15) is 29.3 Å². The molecule has 2 aromatic carbocycles. The van der Waals surface area contributed by atoms with Gasteiger partial charge < -0.3 is 9.64 Å². The molecule has 0 bridgehead atoms. The molecule has 1 aromatic heterocycles. The Morgan fingerprint density at radius 2 is 1.70 bits per heavy atom. The number of carbonyl (C=O) groups is 1. The van der Waals surface area contributed by atoms with Crippen molar-refractivity contribution in [3.8, 4) is 5.75 Å². The molecule has 3 heterocycles. The minimum absolute atomic E-state index is 0.275. The quantitative estimate of drug-likeness (QED) is 0.555. The first kappa shape index (κ1) is 22.3. The van der Waals surface area contributed by atoms with Gasteiger partial charge in [-0.05, 0) is 55.8 Å². The second-order valence-corrected chi connectivity index (χ2v) is 10.1. The number of nitrogens with zero attached hydrogens (tertiary/aromatic N) is 4. The first-order chi connectivity index (χ1) is 16.2. The van der Waals surface area contributed by atoms with Gasteiger partial charge in [-0.3, -0.25) is 14.6 Å². The highest BCUT2D eigenvalue weighted by atomic mass is 32.1. The lowest BCUT2D eigenvalue weighted by Gasteiger charge is -2.37. The summed E-state index contributed by atoms with van der Waals surface area (Å²) in [5.74, 6) is 1.69. The summed E-state index contributed by atoms with van der Waals surface area (Å²) in [7, 11) is 1.69. The molecular formula is C26H32N4O2S. The molecule has 33 heavy (non-hydrogen) atoms. The van der Waals surface area contributed by atoms with E-state index >= 15 is 0 Å². The third-order valence-electron chi connectivity index (χ3n) is 6.90. The van der Waals surface area contributed by atoms with Crippen molar-refractivity contribution in [1.82, 2.24) is 19.7 Å². The lowest BCUT2D eigenvalue weighted by atomic mass is 9.97. The summed E-state index contributed by atoms with van der Waals surface area (Å²) in [6, 6.07) is 16.6. The van der Waals surface area contributed by atoms with Crippen LogP contribution in [0.4, 0.5) is 0 Å². The van der Waals surface area contributed by atoms with Crippen LogP contribution in [0.15, 0.2) is 48.5 Å². The number of thiazole rings is 1.